The summed E-state index contributed by atoms with van der Waals surface area (Å²) in [5, 5.41) is 6.27. The van der Waals surface area contributed by atoms with Crippen LogP contribution in [0.3, 0.4) is 0 Å². The van der Waals surface area contributed by atoms with Crippen molar-refractivity contribution in [3.05, 3.63) is 84.9 Å². The summed E-state index contributed by atoms with van der Waals surface area (Å²) >= 11 is 0. The molecule has 0 unspecified atom stereocenters. The Labute approximate surface area is 167 Å². The highest BCUT2D eigenvalue weighted by Gasteiger charge is 2.17. The molecule has 146 valence electrons. The van der Waals surface area contributed by atoms with Gasteiger partial charge in [0.15, 0.2) is 5.58 Å². The summed E-state index contributed by atoms with van der Waals surface area (Å²) in [7, 11) is -3.59. The van der Waals surface area contributed by atoms with Gasteiger partial charge < -0.3 is 15.1 Å². The van der Waals surface area contributed by atoms with Crippen LogP contribution in [-0.2, 0) is 16.4 Å². The van der Waals surface area contributed by atoms with Crippen molar-refractivity contribution < 1.29 is 17.6 Å². The van der Waals surface area contributed by atoms with Crippen molar-refractivity contribution in [1.82, 2.24) is 10.3 Å². The number of nitrogens with one attached hydrogen (secondary N) is 2. The molecule has 0 atom stereocenters. The number of hydrogen-bond acceptors (Lipinski definition) is 5. The molecule has 2 N–H and O–H groups in total. The quantitative estimate of drug-likeness (QED) is 0.521. The van der Waals surface area contributed by atoms with E-state index in [1.54, 1.807) is 54.9 Å². The zero-order valence-electron chi connectivity index (χ0n) is 15.2. The van der Waals surface area contributed by atoms with Crippen LogP contribution in [0.1, 0.15) is 5.76 Å². The van der Waals surface area contributed by atoms with E-state index >= 15 is 0 Å². The third kappa shape index (κ3) is 4.12. The molecule has 0 saturated carbocycles. The van der Waals surface area contributed by atoms with Crippen LogP contribution in [0.25, 0.3) is 11.0 Å². The number of carbonyl (C=O) groups excluding carboxylic acids is 1. The van der Waals surface area contributed by atoms with Crippen LogP contribution in [0.5, 0.6) is 0 Å². The second-order valence-corrected chi connectivity index (χ2v) is 8.22. The molecule has 0 aliphatic carbocycles. The molecule has 2 amide bonds. The maximum absolute atomic E-state index is 12.6. The molecular formula is C21H17N3O4S. The summed E-state index contributed by atoms with van der Waals surface area (Å²) in [5.74, 6) is 0.604. The normalized spacial score (nSPS) is 11.3. The Morgan fingerprint density at radius 3 is 2.41 bits per heavy atom. The fourth-order valence-electron chi connectivity index (χ4n) is 2.82. The van der Waals surface area contributed by atoms with E-state index in [-0.39, 0.29) is 16.3 Å². The highest BCUT2D eigenvalue weighted by Crippen LogP contribution is 2.22. The van der Waals surface area contributed by atoms with Gasteiger partial charge in [0, 0.05) is 17.3 Å². The number of furan rings is 1. The second-order valence-electron chi connectivity index (χ2n) is 6.27. The average molecular weight is 407 g/mol. The Kier molecular flexibility index (Phi) is 5.01. The van der Waals surface area contributed by atoms with Crippen molar-refractivity contribution in [1.29, 1.82) is 0 Å². The highest BCUT2D eigenvalue weighted by molar-refractivity contribution is 7.91. The van der Waals surface area contributed by atoms with Gasteiger partial charge in [-0.05, 0) is 48.5 Å². The van der Waals surface area contributed by atoms with Gasteiger partial charge in [0.05, 0.1) is 22.5 Å². The molecule has 7 nitrogen and oxygen atoms in total. The number of fused-ring (bicyclic) bond motifs is 1. The van der Waals surface area contributed by atoms with Gasteiger partial charge in [0.2, 0.25) is 9.84 Å². The summed E-state index contributed by atoms with van der Waals surface area (Å²) in [6.07, 6.45) is 3.29. The van der Waals surface area contributed by atoms with E-state index in [9.17, 15) is 13.2 Å². The molecule has 4 rings (SSSR count). The van der Waals surface area contributed by atoms with Crippen LogP contribution in [0.4, 0.5) is 10.5 Å². The number of carbonyl (C=O) groups is 1. The minimum atomic E-state index is -3.59. The van der Waals surface area contributed by atoms with E-state index in [1.807, 2.05) is 12.1 Å². The van der Waals surface area contributed by atoms with Crippen LogP contribution in [0, 0.1) is 0 Å². The van der Waals surface area contributed by atoms with E-state index in [0.717, 1.165) is 5.39 Å². The van der Waals surface area contributed by atoms with Gasteiger partial charge in [-0.3, -0.25) is 4.98 Å². The Morgan fingerprint density at radius 2 is 1.69 bits per heavy atom. The molecule has 0 saturated heterocycles. The SMILES string of the molecule is O=C(NCc1cc2ccncc2o1)Nc1ccc(S(=O)(=O)c2ccccc2)cc1. The lowest BCUT2D eigenvalue weighted by Crippen LogP contribution is -2.27. The van der Waals surface area contributed by atoms with Gasteiger partial charge in [-0.25, -0.2) is 13.2 Å². The summed E-state index contributed by atoms with van der Waals surface area (Å²) in [6, 6.07) is 17.4. The number of urea groups is 1. The van der Waals surface area contributed by atoms with Crippen LogP contribution in [0.15, 0.2) is 93.3 Å². The first kappa shape index (κ1) is 18.7. The van der Waals surface area contributed by atoms with E-state index in [0.29, 0.717) is 17.0 Å². The number of amides is 2. The Morgan fingerprint density at radius 1 is 0.966 bits per heavy atom. The average Bonchev–Trinajstić information content (AvgIpc) is 3.16. The third-order valence-electron chi connectivity index (χ3n) is 4.27. The van der Waals surface area contributed by atoms with Crippen LogP contribution < -0.4 is 10.6 Å². The molecular weight excluding hydrogens is 390 g/mol. The van der Waals surface area contributed by atoms with Crippen LogP contribution in [-0.4, -0.2) is 19.4 Å². The van der Waals surface area contributed by atoms with Crippen molar-refractivity contribution in [2.75, 3.05) is 5.32 Å². The second kappa shape index (κ2) is 7.76. The Hall–Kier alpha value is -3.65. The van der Waals surface area contributed by atoms with Gasteiger partial charge in [0.1, 0.15) is 5.76 Å². The minimum Gasteiger partial charge on any atom is -0.458 e. The number of sulfone groups is 1. The molecule has 0 spiro atoms. The van der Waals surface area contributed by atoms with Gasteiger partial charge in [0.25, 0.3) is 0 Å². The molecule has 2 aromatic carbocycles. The van der Waals surface area contributed by atoms with Crippen LogP contribution >= 0.6 is 0 Å². The lowest BCUT2D eigenvalue weighted by atomic mass is 10.3. The number of rotatable bonds is 5. The minimum absolute atomic E-state index is 0.158. The largest absolute Gasteiger partial charge is 0.458 e. The van der Waals surface area contributed by atoms with Crippen molar-refractivity contribution in [3.63, 3.8) is 0 Å². The zero-order chi connectivity index (χ0) is 20.3. The molecule has 0 aliphatic heterocycles. The monoisotopic (exact) mass is 407 g/mol. The summed E-state index contributed by atoms with van der Waals surface area (Å²) in [6.45, 7) is 0.209. The molecule has 0 radical (unpaired) electrons. The van der Waals surface area contributed by atoms with Crippen molar-refractivity contribution >= 4 is 32.5 Å². The Bertz CT molecular complexity index is 1220. The predicted molar refractivity (Wildman–Crippen MR) is 108 cm³/mol. The number of aromatic nitrogens is 1. The maximum atomic E-state index is 12.6. The van der Waals surface area contributed by atoms with Gasteiger partial charge >= 0.3 is 6.03 Å². The van der Waals surface area contributed by atoms with E-state index in [2.05, 4.69) is 15.6 Å². The standard InChI is InChI=1S/C21H17N3O4S/c25-21(23-13-17-12-15-10-11-22-14-20(15)28-17)24-16-6-8-19(9-7-16)29(26,27)18-4-2-1-3-5-18/h1-12,14H,13H2,(H2,23,24,25). The van der Waals surface area contributed by atoms with Crippen molar-refractivity contribution in [2.24, 2.45) is 0 Å². The zero-order valence-corrected chi connectivity index (χ0v) is 16.0. The van der Waals surface area contributed by atoms with Crippen molar-refractivity contribution in [2.45, 2.75) is 16.3 Å². The van der Waals surface area contributed by atoms with E-state index < -0.39 is 15.9 Å². The summed E-state index contributed by atoms with van der Waals surface area (Å²) in [5.41, 5.74) is 1.13. The number of hydrogen-bond donors (Lipinski definition) is 2. The fraction of sp³-hybridized carbons (Fsp3) is 0.0476. The molecule has 4 aromatic rings. The number of benzene rings is 2. The van der Waals surface area contributed by atoms with Gasteiger partial charge in [-0.15, -0.1) is 0 Å². The maximum Gasteiger partial charge on any atom is 0.319 e. The van der Waals surface area contributed by atoms with Crippen molar-refractivity contribution in [3.8, 4) is 0 Å². The summed E-state index contributed by atoms with van der Waals surface area (Å²) in [4.78, 5) is 16.5. The predicted octanol–water partition coefficient (Wildman–Crippen LogP) is 3.98. The molecule has 0 bridgehead atoms. The summed E-state index contributed by atoms with van der Waals surface area (Å²) < 4.78 is 30.8. The van der Waals surface area contributed by atoms with E-state index in [1.165, 1.54) is 12.1 Å². The molecule has 2 aromatic heterocycles. The molecule has 0 fully saturated rings. The molecule has 0 aliphatic rings. The van der Waals surface area contributed by atoms with Crippen LogP contribution in [0.2, 0.25) is 0 Å². The fourth-order valence-corrected chi connectivity index (χ4v) is 4.10. The molecule has 29 heavy (non-hydrogen) atoms. The van der Waals surface area contributed by atoms with Gasteiger partial charge in [-0.2, -0.15) is 0 Å². The van der Waals surface area contributed by atoms with E-state index in [4.69, 9.17) is 4.42 Å². The number of anilines is 1. The first-order valence-corrected chi connectivity index (χ1v) is 10.3. The number of pyridine rings is 1. The smallest absolute Gasteiger partial charge is 0.319 e. The Balaban J connectivity index is 1.39. The third-order valence-corrected chi connectivity index (χ3v) is 6.06. The topological polar surface area (TPSA) is 101 Å². The first-order valence-electron chi connectivity index (χ1n) is 8.80. The lowest BCUT2D eigenvalue weighted by Gasteiger charge is -2.08. The number of nitrogens with zero attached hydrogens (tertiary/aromatic N) is 1. The van der Waals surface area contributed by atoms with Gasteiger partial charge in [-0.1, -0.05) is 18.2 Å². The lowest BCUT2D eigenvalue weighted by molar-refractivity contribution is 0.251. The molecule has 8 heteroatoms. The highest BCUT2D eigenvalue weighted by atomic mass is 32.2. The molecule has 2 heterocycles. The first-order chi connectivity index (χ1) is 14.0.